The number of esters is 1. The second-order valence-electron chi connectivity index (χ2n) is 21.7. The van der Waals surface area contributed by atoms with Gasteiger partial charge in [0.2, 0.25) is 5.91 Å². The van der Waals surface area contributed by atoms with Gasteiger partial charge in [-0.05, 0) is 57.8 Å². The predicted molar refractivity (Wildman–Crippen MR) is 306 cm³/mol. The maximum atomic E-state index is 12.5. The molecule has 3 N–H and O–H groups in total. The monoisotopic (exact) mass is 986 g/mol. The average Bonchev–Trinajstić information content (AvgIpc) is 3.36. The number of unbranched alkanes of at least 4 members (excludes halogenated alkanes) is 46. The molecule has 6 nitrogen and oxygen atoms in total. The number of nitrogens with one attached hydrogen (secondary N) is 1. The number of rotatable bonds is 59. The van der Waals surface area contributed by atoms with Crippen LogP contribution in [0.1, 0.15) is 348 Å². The molecule has 0 saturated carbocycles. The van der Waals surface area contributed by atoms with Gasteiger partial charge in [0.15, 0.2) is 0 Å². The molecule has 0 saturated heterocycles. The highest BCUT2D eigenvalue weighted by atomic mass is 16.5. The zero-order valence-electron chi connectivity index (χ0n) is 47.3. The lowest BCUT2D eigenvalue weighted by Gasteiger charge is -2.20. The van der Waals surface area contributed by atoms with Crippen molar-refractivity contribution < 1.29 is 24.5 Å². The molecule has 0 aromatic rings. The quantitative estimate of drug-likeness (QED) is 0.0321. The van der Waals surface area contributed by atoms with Gasteiger partial charge in [0.25, 0.3) is 0 Å². The van der Waals surface area contributed by atoms with Gasteiger partial charge in [-0.15, -0.1) is 0 Å². The molecule has 0 aliphatic heterocycles. The van der Waals surface area contributed by atoms with Crippen molar-refractivity contribution in [1.82, 2.24) is 5.32 Å². The van der Waals surface area contributed by atoms with Gasteiger partial charge in [-0.25, -0.2) is 0 Å². The fourth-order valence-corrected chi connectivity index (χ4v) is 9.87. The van der Waals surface area contributed by atoms with Crippen molar-refractivity contribution in [3.63, 3.8) is 0 Å². The number of aliphatic hydroxyl groups is 2. The van der Waals surface area contributed by atoms with Crippen LogP contribution in [0, 0.1) is 0 Å². The molecule has 0 spiro atoms. The Morgan fingerprint density at radius 1 is 0.386 bits per heavy atom. The van der Waals surface area contributed by atoms with Gasteiger partial charge in [-0.3, -0.25) is 9.59 Å². The first kappa shape index (κ1) is 68.3. The Bertz CT molecular complexity index is 1090. The maximum Gasteiger partial charge on any atom is 0.305 e. The average molecular weight is 987 g/mol. The van der Waals surface area contributed by atoms with E-state index in [9.17, 15) is 19.8 Å². The second kappa shape index (κ2) is 59.9. The van der Waals surface area contributed by atoms with Crippen LogP contribution in [0.5, 0.6) is 0 Å². The van der Waals surface area contributed by atoms with E-state index in [1.54, 1.807) is 6.08 Å². The summed E-state index contributed by atoms with van der Waals surface area (Å²) >= 11 is 0. The molecule has 6 heteroatoms. The zero-order valence-corrected chi connectivity index (χ0v) is 47.3. The first-order chi connectivity index (χ1) is 34.5. The molecule has 0 aromatic carbocycles. The molecular weight excluding hydrogens is 863 g/mol. The van der Waals surface area contributed by atoms with E-state index in [1.165, 1.54) is 276 Å². The van der Waals surface area contributed by atoms with E-state index in [0.717, 1.165) is 44.9 Å². The molecule has 2 atom stereocenters. The van der Waals surface area contributed by atoms with Crippen LogP contribution in [-0.2, 0) is 14.3 Å². The van der Waals surface area contributed by atoms with E-state index in [1.807, 2.05) is 6.08 Å². The van der Waals surface area contributed by atoms with Crippen LogP contribution in [0.15, 0.2) is 24.3 Å². The minimum atomic E-state index is -0.848. The fourth-order valence-electron chi connectivity index (χ4n) is 9.87. The van der Waals surface area contributed by atoms with Gasteiger partial charge in [0, 0.05) is 12.8 Å². The van der Waals surface area contributed by atoms with Gasteiger partial charge in [-0.2, -0.15) is 0 Å². The van der Waals surface area contributed by atoms with Crippen LogP contribution in [0.25, 0.3) is 0 Å². The minimum Gasteiger partial charge on any atom is -0.466 e. The Labute approximate surface area is 437 Å². The Morgan fingerprint density at radius 2 is 0.671 bits per heavy atom. The van der Waals surface area contributed by atoms with Crippen molar-refractivity contribution in [3.05, 3.63) is 24.3 Å². The summed E-state index contributed by atoms with van der Waals surface area (Å²) < 4.78 is 5.48. The molecule has 0 aromatic heterocycles. The third kappa shape index (κ3) is 55.7. The topological polar surface area (TPSA) is 95.9 Å². The Balaban J connectivity index is 3.44. The molecule has 1 amide bonds. The third-order valence-electron chi connectivity index (χ3n) is 14.7. The molecule has 0 rings (SSSR count). The van der Waals surface area contributed by atoms with E-state index >= 15 is 0 Å². The van der Waals surface area contributed by atoms with Gasteiger partial charge in [-0.1, -0.05) is 301 Å². The predicted octanol–water partition coefficient (Wildman–Crippen LogP) is 19.8. The minimum absolute atomic E-state index is 0.00145. The number of hydrogen-bond donors (Lipinski definition) is 3. The summed E-state index contributed by atoms with van der Waals surface area (Å²) in [5, 5.41) is 23.2. The molecule has 0 aliphatic carbocycles. The van der Waals surface area contributed by atoms with Crippen LogP contribution in [0.2, 0.25) is 0 Å². The number of carbonyl (C=O) groups excluding carboxylic acids is 2. The largest absolute Gasteiger partial charge is 0.466 e. The third-order valence-corrected chi connectivity index (χ3v) is 14.7. The summed E-state index contributed by atoms with van der Waals surface area (Å²) in [7, 11) is 0. The summed E-state index contributed by atoms with van der Waals surface area (Å²) in [6, 6.07) is -0.632. The molecule has 0 bridgehead atoms. The summed E-state index contributed by atoms with van der Waals surface area (Å²) in [6.45, 7) is 4.91. The van der Waals surface area contributed by atoms with Crippen molar-refractivity contribution in [1.29, 1.82) is 0 Å². The summed E-state index contributed by atoms with van der Waals surface area (Å²) in [4.78, 5) is 24.5. The molecule has 0 radical (unpaired) electrons. The van der Waals surface area contributed by atoms with Gasteiger partial charge in [0.1, 0.15) is 0 Å². The molecule has 2 unspecified atom stereocenters. The van der Waals surface area contributed by atoms with Crippen LogP contribution in [-0.4, -0.2) is 47.4 Å². The van der Waals surface area contributed by atoms with Crippen molar-refractivity contribution in [2.75, 3.05) is 13.2 Å². The number of ether oxygens (including phenoxy) is 1. The van der Waals surface area contributed by atoms with Crippen molar-refractivity contribution in [2.45, 2.75) is 360 Å². The number of aliphatic hydroxyl groups excluding tert-OH is 2. The Kier molecular flexibility index (Phi) is 58.5. The molecule has 0 heterocycles. The Hall–Kier alpha value is -1.66. The molecule has 0 fully saturated rings. The standard InChI is InChI=1S/C64H123NO5/c1-3-5-7-9-11-13-15-17-19-20-21-22-23-26-29-32-36-40-44-48-52-56-62(67)61(60-66)65-63(68)57-53-49-45-41-37-33-30-27-24-25-28-31-35-39-43-47-51-55-59-70-64(69)58-54-50-46-42-38-34-18-16-14-12-10-8-6-4-2/h16,18,52,56,61-62,66-67H,3-15,17,19-51,53-55,57-60H2,1-2H3,(H,65,68)/b18-16-,56-52+. The van der Waals surface area contributed by atoms with Crippen LogP contribution < -0.4 is 5.32 Å². The highest BCUT2D eigenvalue weighted by Crippen LogP contribution is 2.18. The molecule has 414 valence electrons. The first-order valence-electron chi connectivity index (χ1n) is 31.6. The van der Waals surface area contributed by atoms with Gasteiger partial charge >= 0.3 is 5.97 Å². The zero-order chi connectivity index (χ0) is 50.7. The van der Waals surface area contributed by atoms with Crippen LogP contribution in [0.3, 0.4) is 0 Å². The van der Waals surface area contributed by atoms with E-state index in [0.29, 0.717) is 19.4 Å². The molecular formula is C64H123NO5. The summed E-state index contributed by atoms with van der Waals surface area (Å²) in [5.41, 5.74) is 0. The summed E-state index contributed by atoms with van der Waals surface area (Å²) in [6.07, 6.45) is 73.6. The van der Waals surface area contributed by atoms with E-state index in [4.69, 9.17) is 4.74 Å². The SMILES string of the molecule is CCCCCCC/C=C\CCCCCCCC(=O)OCCCCCCCCCCCCCCCCCCCCC(=O)NC(CO)C(O)/C=C/CCCCCCCCCCCCCCCCCCCCC. The lowest BCUT2D eigenvalue weighted by Crippen LogP contribution is -2.45. The van der Waals surface area contributed by atoms with Crippen molar-refractivity contribution >= 4 is 11.9 Å². The lowest BCUT2D eigenvalue weighted by molar-refractivity contribution is -0.143. The summed E-state index contributed by atoms with van der Waals surface area (Å²) in [5.74, 6) is -0.0704. The number of allylic oxidation sites excluding steroid dienone is 3. The van der Waals surface area contributed by atoms with Gasteiger partial charge in [0.05, 0.1) is 25.4 Å². The van der Waals surface area contributed by atoms with Gasteiger partial charge < -0.3 is 20.3 Å². The van der Waals surface area contributed by atoms with E-state index in [-0.39, 0.29) is 18.5 Å². The first-order valence-corrected chi connectivity index (χ1v) is 31.6. The van der Waals surface area contributed by atoms with Crippen molar-refractivity contribution in [3.8, 4) is 0 Å². The lowest BCUT2D eigenvalue weighted by atomic mass is 10.0. The molecule has 0 aliphatic rings. The second-order valence-corrected chi connectivity index (χ2v) is 21.7. The van der Waals surface area contributed by atoms with Crippen LogP contribution >= 0.6 is 0 Å². The fraction of sp³-hybridized carbons (Fsp3) is 0.906. The van der Waals surface area contributed by atoms with Crippen LogP contribution in [0.4, 0.5) is 0 Å². The smallest absolute Gasteiger partial charge is 0.305 e. The van der Waals surface area contributed by atoms with Crippen molar-refractivity contribution in [2.24, 2.45) is 0 Å². The van der Waals surface area contributed by atoms with E-state index in [2.05, 4.69) is 31.3 Å². The Morgan fingerprint density at radius 3 is 1.01 bits per heavy atom. The normalized spacial score (nSPS) is 12.7. The number of carbonyl (C=O) groups is 2. The number of amides is 1. The number of hydrogen-bond acceptors (Lipinski definition) is 5. The van der Waals surface area contributed by atoms with E-state index < -0.39 is 12.1 Å². The molecule has 70 heavy (non-hydrogen) atoms. The highest BCUT2D eigenvalue weighted by Gasteiger charge is 2.18. The maximum absolute atomic E-state index is 12.5. The highest BCUT2D eigenvalue weighted by molar-refractivity contribution is 5.76.